The quantitative estimate of drug-likeness (QED) is 0.836. The topological polar surface area (TPSA) is 43.8 Å². The molecule has 0 unspecified atom stereocenters. The van der Waals surface area contributed by atoms with Gasteiger partial charge in [0.25, 0.3) is 0 Å². The van der Waals surface area contributed by atoms with Crippen LogP contribution in [-0.2, 0) is 13.0 Å². The molecule has 0 aliphatic heterocycles. The molecule has 0 radical (unpaired) electrons. The Morgan fingerprint density at radius 2 is 2.00 bits per heavy atom. The first-order valence-corrected chi connectivity index (χ1v) is 6.71. The number of imidazole rings is 1. The van der Waals surface area contributed by atoms with E-state index in [0.717, 1.165) is 36.4 Å². The number of benzene rings is 1. The van der Waals surface area contributed by atoms with Crippen LogP contribution in [0.15, 0.2) is 18.2 Å². The number of aromatic nitrogens is 2. The van der Waals surface area contributed by atoms with Crippen LogP contribution in [0.1, 0.15) is 39.9 Å². The smallest absolute Gasteiger partial charge is 0.109 e. The van der Waals surface area contributed by atoms with Crippen LogP contribution in [0.4, 0.5) is 5.69 Å². The number of aryl methyl sites for hydroxylation is 1. The molecule has 2 rings (SSSR count). The van der Waals surface area contributed by atoms with Crippen LogP contribution in [0.2, 0.25) is 0 Å². The van der Waals surface area contributed by atoms with Crippen molar-refractivity contribution in [2.45, 2.75) is 47.1 Å². The molecule has 0 aliphatic carbocycles. The van der Waals surface area contributed by atoms with Gasteiger partial charge in [0.2, 0.25) is 0 Å². The summed E-state index contributed by atoms with van der Waals surface area (Å²) in [7, 11) is 0. The third-order valence-electron chi connectivity index (χ3n) is 3.71. The molecule has 0 amide bonds. The lowest BCUT2D eigenvalue weighted by Gasteiger charge is -2.24. The Kier molecular flexibility index (Phi) is 3.33. The molecule has 18 heavy (non-hydrogen) atoms. The Morgan fingerprint density at radius 1 is 1.28 bits per heavy atom. The van der Waals surface area contributed by atoms with Gasteiger partial charge in [0.15, 0.2) is 0 Å². The summed E-state index contributed by atoms with van der Waals surface area (Å²) < 4.78 is 2.35. The number of hydrogen-bond donors (Lipinski definition) is 1. The van der Waals surface area contributed by atoms with Crippen LogP contribution in [-0.4, -0.2) is 9.55 Å². The Morgan fingerprint density at radius 3 is 2.61 bits per heavy atom. The van der Waals surface area contributed by atoms with E-state index in [2.05, 4.69) is 38.3 Å². The number of anilines is 1. The van der Waals surface area contributed by atoms with Crippen LogP contribution in [0, 0.1) is 5.41 Å². The predicted molar refractivity (Wildman–Crippen MR) is 77.6 cm³/mol. The molecule has 2 N–H and O–H groups in total. The molecule has 1 aromatic heterocycles. The van der Waals surface area contributed by atoms with Crippen LogP contribution in [0.25, 0.3) is 11.0 Å². The number of fused-ring (bicyclic) bond motifs is 1. The van der Waals surface area contributed by atoms with Gasteiger partial charge in [-0.2, -0.15) is 0 Å². The maximum atomic E-state index is 5.83. The van der Waals surface area contributed by atoms with Gasteiger partial charge in [0.05, 0.1) is 11.0 Å². The zero-order chi connectivity index (χ0) is 13.3. The molecule has 0 atom stereocenters. The summed E-state index contributed by atoms with van der Waals surface area (Å²) in [4.78, 5) is 4.69. The number of hydrogen-bond acceptors (Lipinski definition) is 2. The zero-order valence-corrected chi connectivity index (χ0v) is 11.8. The summed E-state index contributed by atoms with van der Waals surface area (Å²) in [6.45, 7) is 10.0. The number of rotatable bonds is 4. The molecule has 0 aliphatic rings. The van der Waals surface area contributed by atoms with E-state index in [1.54, 1.807) is 0 Å². The van der Waals surface area contributed by atoms with Gasteiger partial charge < -0.3 is 10.3 Å². The van der Waals surface area contributed by atoms with Crippen molar-refractivity contribution in [3.05, 3.63) is 24.0 Å². The summed E-state index contributed by atoms with van der Waals surface area (Å²) in [5.74, 6) is 1.15. The fourth-order valence-electron chi connectivity index (χ4n) is 2.18. The third-order valence-corrected chi connectivity index (χ3v) is 3.71. The van der Waals surface area contributed by atoms with E-state index >= 15 is 0 Å². The third kappa shape index (κ3) is 2.35. The van der Waals surface area contributed by atoms with Crippen molar-refractivity contribution < 1.29 is 0 Å². The Hall–Kier alpha value is -1.51. The monoisotopic (exact) mass is 245 g/mol. The zero-order valence-electron chi connectivity index (χ0n) is 11.8. The first-order chi connectivity index (χ1) is 8.46. The van der Waals surface area contributed by atoms with Gasteiger partial charge >= 0.3 is 0 Å². The minimum absolute atomic E-state index is 0.291. The highest BCUT2D eigenvalue weighted by Gasteiger charge is 2.19. The molecule has 0 saturated carbocycles. The fourth-order valence-corrected chi connectivity index (χ4v) is 2.18. The number of nitrogens with zero attached hydrogens (tertiary/aromatic N) is 2. The second-order valence-corrected chi connectivity index (χ2v) is 5.73. The van der Waals surface area contributed by atoms with Crippen LogP contribution in [0.3, 0.4) is 0 Å². The molecule has 3 nitrogen and oxygen atoms in total. The summed E-state index contributed by atoms with van der Waals surface area (Å²) >= 11 is 0. The average Bonchev–Trinajstić information content (AvgIpc) is 2.66. The lowest BCUT2D eigenvalue weighted by molar-refractivity contribution is 0.294. The summed E-state index contributed by atoms with van der Waals surface area (Å²) in [6, 6.07) is 6.01. The van der Waals surface area contributed by atoms with E-state index in [1.165, 1.54) is 5.52 Å². The molecule has 0 spiro atoms. The van der Waals surface area contributed by atoms with Crippen LogP contribution >= 0.6 is 0 Å². The van der Waals surface area contributed by atoms with Crippen molar-refractivity contribution in [1.82, 2.24) is 9.55 Å². The molecular weight excluding hydrogens is 222 g/mol. The van der Waals surface area contributed by atoms with Gasteiger partial charge in [-0.05, 0) is 30.0 Å². The predicted octanol–water partition coefficient (Wildman–Crippen LogP) is 3.62. The number of nitrogen functional groups attached to an aromatic ring is 1. The SMILES string of the molecule is CCc1nc2cc(N)ccc2n1CC(C)(C)CC. The largest absolute Gasteiger partial charge is 0.399 e. The molecule has 3 heteroatoms. The first-order valence-electron chi connectivity index (χ1n) is 6.71. The number of nitrogens with two attached hydrogens (primary N) is 1. The molecule has 98 valence electrons. The Labute approximate surface area is 109 Å². The van der Waals surface area contributed by atoms with Gasteiger partial charge in [-0.3, -0.25) is 0 Å². The van der Waals surface area contributed by atoms with Crippen molar-refractivity contribution in [3.63, 3.8) is 0 Å². The van der Waals surface area contributed by atoms with Gasteiger partial charge in [-0.1, -0.05) is 27.7 Å². The minimum atomic E-state index is 0.291. The van der Waals surface area contributed by atoms with Gasteiger partial charge in [0.1, 0.15) is 5.82 Å². The first kappa shape index (κ1) is 12.9. The van der Waals surface area contributed by atoms with E-state index < -0.39 is 0 Å². The van der Waals surface area contributed by atoms with E-state index in [9.17, 15) is 0 Å². The van der Waals surface area contributed by atoms with Crippen LogP contribution < -0.4 is 5.73 Å². The van der Waals surface area contributed by atoms with Gasteiger partial charge in [0, 0.05) is 18.7 Å². The summed E-state index contributed by atoms with van der Waals surface area (Å²) in [6.07, 6.45) is 2.11. The fraction of sp³-hybridized carbons (Fsp3) is 0.533. The second kappa shape index (κ2) is 4.63. The summed E-state index contributed by atoms with van der Waals surface area (Å²) in [5.41, 5.74) is 9.11. The average molecular weight is 245 g/mol. The second-order valence-electron chi connectivity index (χ2n) is 5.73. The molecular formula is C15H23N3. The molecule has 1 heterocycles. The van der Waals surface area contributed by atoms with Crippen molar-refractivity contribution in [3.8, 4) is 0 Å². The highest BCUT2D eigenvalue weighted by atomic mass is 15.1. The molecule has 0 bridgehead atoms. The minimum Gasteiger partial charge on any atom is -0.399 e. The van der Waals surface area contributed by atoms with Gasteiger partial charge in [-0.25, -0.2) is 4.98 Å². The van der Waals surface area contributed by atoms with Crippen molar-refractivity contribution in [1.29, 1.82) is 0 Å². The van der Waals surface area contributed by atoms with Crippen molar-refractivity contribution >= 4 is 16.7 Å². The van der Waals surface area contributed by atoms with Crippen molar-refractivity contribution in [2.24, 2.45) is 5.41 Å². The Balaban J connectivity index is 2.53. The maximum absolute atomic E-state index is 5.83. The maximum Gasteiger partial charge on any atom is 0.109 e. The molecule has 2 aromatic rings. The van der Waals surface area contributed by atoms with Crippen LogP contribution in [0.5, 0.6) is 0 Å². The molecule has 0 fully saturated rings. The lowest BCUT2D eigenvalue weighted by Crippen LogP contribution is -2.20. The highest BCUT2D eigenvalue weighted by Crippen LogP contribution is 2.27. The highest BCUT2D eigenvalue weighted by molar-refractivity contribution is 5.79. The Bertz CT molecular complexity index is 552. The van der Waals surface area contributed by atoms with E-state index in [-0.39, 0.29) is 0 Å². The van der Waals surface area contributed by atoms with E-state index in [0.29, 0.717) is 5.41 Å². The van der Waals surface area contributed by atoms with E-state index in [4.69, 9.17) is 10.7 Å². The standard InChI is InChI=1S/C15H23N3/c1-5-14-17-12-9-11(16)7-8-13(12)18(14)10-15(3,4)6-2/h7-9H,5-6,10,16H2,1-4H3. The van der Waals surface area contributed by atoms with E-state index in [1.807, 2.05) is 12.1 Å². The molecule has 1 aromatic carbocycles. The van der Waals surface area contributed by atoms with Gasteiger partial charge in [-0.15, -0.1) is 0 Å². The lowest BCUT2D eigenvalue weighted by atomic mass is 9.90. The normalized spacial score (nSPS) is 12.2. The van der Waals surface area contributed by atoms with Crippen molar-refractivity contribution in [2.75, 3.05) is 5.73 Å². The molecule has 0 saturated heterocycles. The summed E-state index contributed by atoms with van der Waals surface area (Å²) in [5, 5.41) is 0.